The van der Waals surface area contributed by atoms with Crippen LogP contribution in [0.25, 0.3) is 5.69 Å². The zero-order valence-corrected chi connectivity index (χ0v) is 14.6. The summed E-state index contributed by atoms with van der Waals surface area (Å²) >= 11 is 7.85. The number of rotatable bonds is 5. The van der Waals surface area contributed by atoms with Crippen LogP contribution in [0.3, 0.4) is 0 Å². The quantitative estimate of drug-likeness (QED) is 0.838. The first-order chi connectivity index (χ1) is 10.3. The van der Waals surface area contributed by atoms with E-state index in [2.05, 4.69) is 10.1 Å². The first-order valence-corrected chi connectivity index (χ1v) is 8.41. The molecule has 0 aliphatic rings. The van der Waals surface area contributed by atoms with Crippen LogP contribution in [-0.4, -0.2) is 38.7 Å². The van der Waals surface area contributed by atoms with E-state index < -0.39 is 0 Å². The molecule has 2 heterocycles. The molecule has 0 unspecified atom stereocenters. The van der Waals surface area contributed by atoms with Gasteiger partial charge in [0.05, 0.1) is 18.1 Å². The van der Waals surface area contributed by atoms with Crippen molar-refractivity contribution in [2.45, 2.75) is 25.0 Å². The van der Waals surface area contributed by atoms with Crippen LogP contribution < -0.4 is 4.90 Å². The molecule has 0 aromatic carbocycles. The van der Waals surface area contributed by atoms with Gasteiger partial charge in [-0.15, -0.1) is 0 Å². The minimum absolute atomic E-state index is 0.00647. The third kappa shape index (κ3) is 3.81. The van der Waals surface area contributed by atoms with Gasteiger partial charge in [-0.25, -0.2) is 4.68 Å². The maximum atomic E-state index is 12.4. The van der Waals surface area contributed by atoms with Gasteiger partial charge < -0.3 is 4.90 Å². The number of hydrogen-bond donors (Lipinski definition) is 0. The van der Waals surface area contributed by atoms with Crippen LogP contribution in [0, 0.1) is 0 Å². The molecule has 0 atom stereocenters. The highest BCUT2D eigenvalue weighted by Gasteiger charge is 2.25. The number of hydrogen-bond acceptors (Lipinski definition) is 4. The number of pyridine rings is 1. The van der Waals surface area contributed by atoms with Crippen molar-refractivity contribution in [3.05, 3.63) is 35.9 Å². The number of amides is 1. The first-order valence-electron chi connectivity index (χ1n) is 6.81. The SMILES string of the molecule is CSC(C)(C)CC(=O)N(C)c1cn(-c2cccnc2)nc1Cl. The fourth-order valence-corrected chi connectivity index (χ4v) is 2.40. The van der Waals surface area contributed by atoms with Crippen molar-refractivity contribution in [2.75, 3.05) is 18.2 Å². The topological polar surface area (TPSA) is 51.0 Å². The summed E-state index contributed by atoms with van der Waals surface area (Å²) in [5, 5.41) is 4.54. The Labute approximate surface area is 139 Å². The lowest BCUT2D eigenvalue weighted by molar-refractivity contribution is -0.118. The van der Waals surface area contributed by atoms with Crippen LogP contribution in [-0.2, 0) is 4.79 Å². The second-order valence-electron chi connectivity index (χ2n) is 5.55. The van der Waals surface area contributed by atoms with Crippen LogP contribution in [0.1, 0.15) is 20.3 Å². The molecular weight excluding hydrogens is 320 g/mol. The van der Waals surface area contributed by atoms with E-state index in [1.54, 1.807) is 47.0 Å². The Kier molecular flexibility index (Phi) is 5.13. The third-order valence-corrected chi connectivity index (χ3v) is 4.95. The van der Waals surface area contributed by atoms with Crippen molar-refractivity contribution in [1.29, 1.82) is 0 Å². The highest BCUT2D eigenvalue weighted by Crippen LogP contribution is 2.29. The molecule has 0 fully saturated rings. The molecule has 0 aliphatic carbocycles. The molecule has 2 aromatic heterocycles. The van der Waals surface area contributed by atoms with Gasteiger partial charge in [0.25, 0.3) is 0 Å². The summed E-state index contributed by atoms with van der Waals surface area (Å²) in [5.74, 6) is 0.00647. The molecule has 0 aliphatic heterocycles. The Balaban J connectivity index is 2.22. The zero-order chi connectivity index (χ0) is 16.3. The molecule has 22 heavy (non-hydrogen) atoms. The van der Waals surface area contributed by atoms with Gasteiger partial charge in [-0.3, -0.25) is 9.78 Å². The average Bonchev–Trinajstić information content (AvgIpc) is 2.89. The standard InChI is InChI=1S/C15H19ClN4OS/c1-15(2,22-4)8-13(21)19(3)12-10-20(18-14(12)16)11-6-5-7-17-9-11/h5-7,9-10H,8H2,1-4H3. The lowest BCUT2D eigenvalue weighted by Gasteiger charge is -2.24. The Bertz CT molecular complexity index is 657. The molecule has 0 bridgehead atoms. The summed E-state index contributed by atoms with van der Waals surface area (Å²) in [6.45, 7) is 4.09. The van der Waals surface area contributed by atoms with Crippen molar-refractivity contribution in [3.8, 4) is 5.69 Å². The van der Waals surface area contributed by atoms with Gasteiger partial charge in [-0.2, -0.15) is 16.9 Å². The van der Waals surface area contributed by atoms with E-state index in [9.17, 15) is 4.79 Å². The zero-order valence-electron chi connectivity index (χ0n) is 13.1. The molecule has 0 radical (unpaired) electrons. The average molecular weight is 339 g/mol. The predicted octanol–water partition coefficient (Wildman–Crippen LogP) is 3.42. The van der Waals surface area contributed by atoms with Gasteiger partial charge >= 0.3 is 0 Å². The maximum Gasteiger partial charge on any atom is 0.228 e. The van der Waals surface area contributed by atoms with E-state index in [0.29, 0.717) is 17.3 Å². The smallest absolute Gasteiger partial charge is 0.228 e. The number of aromatic nitrogens is 3. The third-order valence-electron chi connectivity index (χ3n) is 3.43. The predicted molar refractivity (Wildman–Crippen MR) is 92.0 cm³/mol. The van der Waals surface area contributed by atoms with E-state index in [-0.39, 0.29) is 10.7 Å². The largest absolute Gasteiger partial charge is 0.311 e. The maximum absolute atomic E-state index is 12.4. The van der Waals surface area contributed by atoms with Gasteiger partial charge in [0.2, 0.25) is 5.91 Å². The lowest BCUT2D eigenvalue weighted by atomic mass is 10.1. The van der Waals surface area contributed by atoms with E-state index in [1.807, 2.05) is 32.2 Å². The first kappa shape index (κ1) is 16.8. The number of carbonyl (C=O) groups excluding carboxylic acids is 1. The molecule has 0 spiro atoms. The summed E-state index contributed by atoms with van der Waals surface area (Å²) in [5.41, 5.74) is 1.38. The van der Waals surface area contributed by atoms with Gasteiger partial charge in [0, 0.05) is 24.4 Å². The Morgan fingerprint density at radius 3 is 2.82 bits per heavy atom. The van der Waals surface area contributed by atoms with Crippen LogP contribution in [0.5, 0.6) is 0 Å². The molecule has 7 heteroatoms. The van der Waals surface area contributed by atoms with Crippen LogP contribution >= 0.6 is 23.4 Å². The molecule has 0 saturated heterocycles. The normalized spacial score (nSPS) is 11.5. The van der Waals surface area contributed by atoms with Gasteiger partial charge in [0.1, 0.15) is 5.69 Å². The van der Waals surface area contributed by atoms with Crippen molar-refractivity contribution >= 4 is 35.0 Å². The van der Waals surface area contributed by atoms with Gasteiger partial charge in [0.15, 0.2) is 5.15 Å². The van der Waals surface area contributed by atoms with Crippen LogP contribution in [0.4, 0.5) is 5.69 Å². The minimum atomic E-state index is -0.114. The number of anilines is 1. The Morgan fingerprint density at radius 1 is 1.50 bits per heavy atom. The second-order valence-corrected chi connectivity index (χ2v) is 7.43. The Morgan fingerprint density at radius 2 is 2.23 bits per heavy atom. The summed E-state index contributed by atoms with van der Waals surface area (Å²) in [6, 6.07) is 3.69. The number of halogens is 1. The fraction of sp³-hybridized carbons (Fsp3) is 0.400. The summed E-state index contributed by atoms with van der Waals surface area (Å²) in [7, 11) is 1.72. The van der Waals surface area contributed by atoms with E-state index in [4.69, 9.17) is 11.6 Å². The van der Waals surface area contributed by atoms with Gasteiger partial charge in [-0.1, -0.05) is 25.4 Å². The molecule has 0 N–H and O–H groups in total. The molecule has 5 nitrogen and oxygen atoms in total. The molecule has 1 amide bonds. The number of thioether (sulfide) groups is 1. The molecule has 118 valence electrons. The molecule has 2 aromatic rings. The molecule has 0 saturated carbocycles. The summed E-state index contributed by atoms with van der Waals surface area (Å²) in [6.07, 6.45) is 7.55. The van der Waals surface area contributed by atoms with Crippen LogP contribution in [0.15, 0.2) is 30.7 Å². The Hall–Kier alpha value is -1.53. The van der Waals surface area contributed by atoms with Gasteiger partial charge in [-0.05, 0) is 18.4 Å². The highest BCUT2D eigenvalue weighted by atomic mass is 35.5. The molecular formula is C15H19ClN4OS. The highest BCUT2D eigenvalue weighted by molar-refractivity contribution is 7.99. The van der Waals surface area contributed by atoms with Crippen molar-refractivity contribution in [2.24, 2.45) is 0 Å². The minimum Gasteiger partial charge on any atom is -0.311 e. The number of carbonyl (C=O) groups is 1. The van der Waals surface area contributed by atoms with Crippen molar-refractivity contribution < 1.29 is 4.79 Å². The number of nitrogens with zero attached hydrogens (tertiary/aromatic N) is 4. The molecule has 2 rings (SSSR count). The van der Waals surface area contributed by atoms with E-state index in [1.165, 1.54) is 0 Å². The van der Waals surface area contributed by atoms with E-state index >= 15 is 0 Å². The monoisotopic (exact) mass is 338 g/mol. The lowest BCUT2D eigenvalue weighted by Crippen LogP contribution is -2.32. The van der Waals surface area contributed by atoms with E-state index in [0.717, 1.165) is 5.69 Å². The second kappa shape index (κ2) is 6.71. The summed E-state index contributed by atoms with van der Waals surface area (Å²) < 4.78 is 1.51. The van der Waals surface area contributed by atoms with Crippen molar-refractivity contribution in [3.63, 3.8) is 0 Å². The fourth-order valence-electron chi connectivity index (χ4n) is 1.88. The van der Waals surface area contributed by atoms with Crippen LogP contribution in [0.2, 0.25) is 5.15 Å². The van der Waals surface area contributed by atoms with Crippen molar-refractivity contribution in [1.82, 2.24) is 14.8 Å². The summed E-state index contributed by atoms with van der Waals surface area (Å²) in [4.78, 5) is 18.0.